The van der Waals surface area contributed by atoms with Crippen LogP contribution in [0.5, 0.6) is 0 Å². The lowest BCUT2D eigenvalue weighted by Crippen LogP contribution is -2.14. The van der Waals surface area contributed by atoms with Crippen LogP contribution in [0.25, 0.3) is 22.0 Å². The van der Waals surface area contributed by atoms with Gasteiger partial charge < -0.3 is 15.4 Å². The third kappa shape index (κ3) is 5.90. The Morgan fingerprint density at radius 1 is 0.914 bits per heavy atom. The highest BCUT2D eigenvalue weighted by Crippen LogP contribution is 2.34. The van der Waals surface area contributed by atoms with Gasteiger partial charge in [-0.25, -0.2) is 13.2 Å². The minimum Gasteiger partial charge on any atom is -0.477 e. The fourth-order valence-corrected chi connectivity index (χ4v) is 4.72. The summed E-state index contributed by atoms with van der Waals surface area (Å²) in [6, 6.07) is 20.9. The summed E-state index contributed by atoms with van der Waals surface area (Å²) in [7, 11) is -0.0578. The molecule has 1 aromatic heterocycles. The molecule has 4 aromatic rings. The Hall–Kier alpha value is -3.62. The number of hydrogen-bond acceptors (Lipinski definition) is 4. The van der Waals surface area contributed by atoms with E-state index in [1.807, 2.05) is 56.6 Å². The number of H-pyrrole nitrogens is 1. The molecule has 0 atom stereocenters. The van der Waals surface area contributed by atoms with E-state index < -0.39 is 16.0 Å². The third-order valence-corrected chi connectivity index (χ3v) is 6.75. The van der Waals surface area contributed by atoms with E-state index in [4.69, 9.17) is 0 Å². The van der Waals surface area contributed by atoms with Crippen molar-refractivity contribution in [2.24, 2.45) is 0 Å². The highest BCUT2D eigenvalue weighted by atomic mass is 32.2. The van der Waals surface area contributed by atoms with Gasteiger partial charge in [-0.2, -0.15) is 0 Å². The topological polar surface area (TPSA) is 111 Å². The predicted octanol–water partition coefficient (Wildman–Crippen LogP) is 5.47. The van der Waals surface area contributed by atoms with Crippen molar-refractivity contribution in [3.05, 3.63) is 84.1 Å². The fraction of sp³-hybridized carbons (Fsp3) is 0.222. The molecule has 184 valence electrons. The number of aromatic amines is 1. The van der Waals surface area contributed by atoms with Crippen molar-refractivity contribution < 1.29 is 18.3 Å². The molecule has 0 aliphatic heterocycles. The van der Waals surface area contributed by atoms with Gasteiger partial charge in [0.25, 0.3) is 10.0 Å². The van der Waals surface area contributed by atoms with E-state index in [1.165, 1.54) is 0 Å². The van der Waals surface area contributed by atoms with Gasteiger partial charge in [0.2, 0.25) is 0 Å². The van der Waals surface area contributed by atoms with Crippen molar-refractivity contribution in [3.63, 3.8) is 0 Å². The molecule has 0 fully saturated rings. The summed E-state index contributed by atoms with van der Waals surface area (Å²) in [4.78, 5) is 14.9. The highest BCUT2D eigenvalue weighted by Gasteiger charge is 2.21. The Morgan fingerprint density at radius 3 is 2.06 bits per heavy atom. The fourth-order valence-electron chi connectivity index (χ4n) is 3.67. The minimum absolute atomic E-state index is 0.0592. The number of carboxylic acid groups (broad SMARTS) is 1. The Balaban J connectivity index is 0.00000108. The van der Waals surface area contributed by atoms with Gasteiger partial charge in [-0.05, 0) is 61.0 Å². The molecule has 4 N–H and O–H groups in total. The number of hydrogen-bond donors (Lipinski definition) is 4. The zero-order valence-corrected chi connectivity index (χ0v) is 21.3. The monoisotopic (exact) mass is 493 g/mol. The SMILES string of the molecule is CC(C)(C)c1ccc(S(=O)(=O)Nc2ccc3[nH]c(C(=O)O)c(-c4ccccc4)c3c2)cc1.CNC. The molecule has 0 aliphatic carbocycles. The number of carbonyl (C=O) groups is 1. The molecule has 0 aliphatic rings. The number of aromatic nitrogens is 1. The number of anilines is 1. The summed E-state index contributed by atoms with van der Waals surface area (Å²) in [5, 5.41) is 13.0. The summed E-state index contributed by atoms with van der Waals surface area (Å²) in [5.74, 6) is -1.08. The quantitative estimate of drug-likeness (QED) is 0.295. The number of aromatic carboxylic acids is 1. The molecule has 0 saturated carbocycles. The van der Waals surface area contributed by atoms with Gasteiger partial charge in [-0.1, -0.05) is 63.2 Å². The second-order valence-corrected chi connectivity index (χ2v) is 10.9. The number of rotatable bonds is 5. The lowest BCUT2D eigenvalue weighted by atomic mass is 9.87. The van der Waals surface area contributed by atoms with Gasteiger partial charge in [0, 0.05) is 22.2 Å². The van der Waals surface area contributed by atoms with Gasteiger partial charge in [-0.15, -0.1) is 0 Å². The van der Waals surface area contributed by atoms with Crippen LogP contribution in [0.2, 0.25) is 0 Å². The molecule has 35 heavy (non-hydrogen) atoms. The van der Waals surface area contributed by atoms with Crippen molar-refractivity contribution >= 4 is 32.6 Å². The van der Waals surface area contributed by atoms with E-state index in [0.29, 0.717) is 22.2 Å². The van der Waals surface area contributed by atoms with Crippen LogP contribution in [0, 0.1) is 0 Å². The molecule has 0 saturated heterocycles. The Labute approximate surface area is 206 Å². The number of benzene rings is 3. The van der Waals surface area contributed by atoms with Gasteiger partial charge >= 0.3 is 5.97 Å². The molecule has 0 radical (unpaired) electrons. The molecule has 0 spiro atoms. The first-order chi connectivity index (χ1) is 16.5. The van der Waals surface area contributed by atoms with Crippen LogP contribution in [0.3, 0.4) is 0 Å². The lowest BCUT2D eigenvalue weighted by molar-refractivity contribution is 0.0692. The zero-order chi connectivity index (χ0) is 25.8. The van der Waals surface area contributed by atoms with Crippen LogP contribution in [0.15, 0.2) is 77.7 Å². The standard InChI is InChI=1S/C25H24N2O4S.C2H7N/c1-25(2,3)17-9-12-19(13-10-17)32(30,31)27-18-11-14-21-20(15-18)22(23(26-21)24(28)29)16-7-5-4-6-8-16;1-3-2/h4-15,26-27H,1-3H3,(H,28,29);3H,1-2H3. The van der Waals surface area contributed by atoms with E-state index in [0.717, 1.165) is 11.1 Å². The predicted molar refractivity (Wildman–Crippen MR) is 142 cm³/mol. The first-order valence-corrected chi connectivity index (χ1v) is 12.6. The first-order valence-electron chi connectivity index (χ1n) is 11.1. The molecule has 3 aromatic carbocycles. The molecular formula is C27H31N3O4S. The van der Waals surface area contributed by atoms with Gasteiger partial charge in [0.05, 0.1) is 4.90 Å². The van der Waals surface area contributed by atoms with Crippen LogP contribution in [0.1, 0.15) is 36.8 Å². The number of fused-ring (bicyclic) bond motifs is 1. The number of nitrogens with one attached hydrogen (secondary N) is 3. The van der Waals surface area contributed by atoms with Gasteiger partial charge in [-0.3, -0.25) is 4.72 Å². The second-order valence-electron chi connectivity index (χ2n) is 9.19. The van der Waals surface area contributed by atoms with Crippen molar-refractivity contribution in [2.45, 2.75) is 31.1 Å². The average molecular weight is 494 g/mol. The van der Waals surface area contributed by atoms with E-state index in [9.17, 15) is 18.3 Å². The summed E-state index contributed by atoms with van der Waals surface area (Å²) in [5.41, 5.74) is 3.23. The molecule has 0 bridgehead atoms. The van der Waals surface area contributed by atoms with E-state index >= 15 is 0 Å². The van der Waals surface area contributed by atoms with Crippen LogP contribution in [-0.4, -0.2) is 38.6 Å². The Kier molecular flexibility index (Phi) is 7.67. The smallest absolute Gasteiger partial charge is 0.352 e. The molecule has 1 heterocycles. The molecule has 0 unspecified atom stereocenters. The zero-order valence-electron chi connectivity index (χ0n) is 20.5. The van der Waals surface area contributed by atoms with E-state index in [1.54, 1.807) is 30.3 Å². The van der Waals surface area contributed by atoms with Crippen LogP contribution in [-0.2, 0) is 15.4 Å². The normalized spacial score (nSPS) is 11.6. The van der Waals surface area contributed by atoms with Crippen LogP contribution in [0.4, 0.5) is 5.69 Å². The highest BCUT2D eigenvalue weighted by molar-refractivity contribution is 7.92. The molecule has 8 heteroatoms. The van der Waals surface area contributed by atoms with Crippen LogP contribution < -0.4 is 10.0 Å². The third-order valence-electron chi connectivity index (χ3n) is 5.36. The molecule has 4 rings (SSSR count). The Morgan fingerprint density at radius 2 is 1.51 bits per heavy atom. The van der Waals surface area contributed by atoms with Crippen molar-refractivity contribution in [3.8, 4) is 11.1 Å². The molecular weight excluding hydrogens is 462 g/mol. The maximum Gasteiger partial charge on any atom is 0.352 e. The summed E-state index contributed by atoms with van der Waals surface area (Å²) in [6.07, 6.45) is 0. The second kappa shape index (κ2) is 10.3. The van der Waals surface area contributed by atoms with Crippen molar-refractivity contribution in [2.75, 3.05) is 18.8 Å². The minimum atomic E-state index is -3.81. The maximum atomic E-state index is 13.0. The van der Waals surface area contributed by atoms with E-state index in [-0.39, 0.29) is 16.0 Å². The lowest BCUT2D eigenvalue weighted by Gasteiger charge is -2.19. The summed E-state index contributed by atoms with van der Waals surface area (Å²) in [6.45, 7) is 6.20. The Bertz CT molecular complexity index is 1420. The van der Waals surface area contributed by atoms with Crippen LogP contribution >= 0.6 is 0 Å². The molecule has 7 nitrogen and oxygen atoms in total. The van der Waals surface area contributed by atoms with Crippen molar-refractivity contribution in [1.82, 2.24) is 10.3 Å². The average Bonchev–Trinajstić information content (AvgIpc) is 3.19. The number of carboxylic acids is 1. The number of sulfonamides is 1. The molecule has 0 amide bonds. The summed E-state index contributed by atoms with van der Waals surface area (Å²) >= 11 is 0. The van der Waals surface area contributed by atoms with Gasteiger partial charge in [0.15, 0.2) is 0 Å². The first kappa shape index (κ1) is 26.0. The maximum absolute atomic E-state index is 13.0. The van der Waals surface area contributed by atoms with E-state index in [2.05, 4.69) is 35.8 Å². The largest absolute Gasteiger partial charge is 0.477 e. The van der Waals surface area contributed by atoms with Crippen molar-refractivity contribution in [1.29, 1.82) is 0 Å². The van der Waals surface area contributed by atoms with Gasteiger partial charge in [0.1, 0.15) is 5.69 Å². The summed E-state index contributed by atoms with van der Waals surface area (Å²) < 4.78 is 28.5.